The van der Waals surface area contributed by atoms with Gasteiger partial charge in [0.15, 0.2) is 0 Å². The molecule has 0 spiro atoms. The van der Waals surface area contributed by atoms with Crippen molar-refractivity contribution in [2.24, 2.45) is 11.8 Å². The third-order valence-corrected chi connectivity index (χ3v) is 4.66. The summed E-state index contributed by atoms with van der Waals surface area (Å²) in [5, 5.41) is 11.4. The second kappa shape index (κ2) is 5.64. The van der Waals surface area contributed by atoms with E-state index in [0.29, 0.717) is 11.8 Å². The van der Waals surface area contributed by atoms with E-state index in [-0.39, 0.29) is 0 Å². The number of hydrogen-bond donors (Lipinski definition) is 1. The summed E-state index contributed by atoms with van der Waals surface area (Å²) < 4.78 is 0. The lowest BCUT2D eigenvalue weighted by molar-refractivity contribution is -0.101. The molecule has 3 atom stereocenters. The Kier molecular flexibility index (Phi) is 4.32. The van der Waals surface area contributed by atoms with Crippen LogP contribution >= 0.6 is 0 Å². The van der Waals surface area contributed by atoms with Gasteiger partial charge in [-0.25, -0.2) is 0 Å². The summed E-state index contributed by atoms with van der Waals surface area (Å²) >= 11 is 0. The maximum absolute atomic E-state index is 11.4. The number of aryl methyl sites for hydroxylation is 1. The van der Waals surface area contributed by atoms with Gasteiger partial charge >= 0.3 is 0 Å². The van der Waals surface area contributed by atoms with Gasteiger partial charge in [-0.1, -0.05) is 43.2 Å². The summed E-state index contributed by atoms with van der Waals surface area (Å²) in [4.78, 5) is 2.20. The summed E-state index contributed by atoms with van der Waals surface area (Å²) in [5.41, 5.74) is 1.67. The van der Waals surface area contributed by atoms with Gasteiger partial charge in [-0.2, -0.15) is 0 Å². The molecule has 1 N–H and O–H groups in total. The molecule has 0 saturated heterocycles. The van der Waals surface area contributed by atoms with Crippen molar-refractivity contribution in [1.82, 2.24) is 4.90 Å². The number of rotatable bonds is 3. The molecule has 3 unspecified atom stereocenters. The number of benzene rings is 1. The SMILES string of the molecule is Cc1ccc(C2(O)C(C)CCCC2CN(C)C)cc1. The van der Waals surface area contributed by atoms with E-state index in [2.05, 4.69) is 57.1 Å². The van der Waals surface area contributed by atoms with Crippen LogP contribution in [-0.2, 0) is 5.60 Å². The molecule has 19 heavy (non-hydrogen) atoms. The monoisotopic (exact) mass is 261 g/mol. The van der Waals surface area contributed by atoms with Crippen molar-refractivity contribution in [2.75, 3.05) is 20.6 Å². The Hall–Kier alpha value is -0.860. The van der Waals surface area contributed by atoms with Crippen molar-refractivity contribution in [3.63, 3.8) is 0 Å². The molecule has 0 radical (unpaired) electrons. The maximum atomic E-state index is 11.4. The second-order valence-corrected chi connectivity index (χ2v) is 6.48. The van der Waals surface area contributed by atoms with Crippen LogP contribution in [0.1, 0.15) is 37.3 Å². The molecule has 0 bridgehead atoms. The summed E-state index contributed by atoms with van der Waals surface area (Å²) in [6, 6.07) is 8.45. The first kappa shape index (κ1) is 14.5. The van der Waals surface area contributed by atoms with E-state index in [9.17, 15) is 5.11 Å². The summed E-state index contributed by atoms with van der Waals surface area (Å²) in [7, 11) is 4.18. The van der Waals surface area contributed by atoms with Crippen molar-refractivity contribution >= 4 is 0 Å². The molecule has 106 valence electrons. The second-order valence-electron chi connectivity index (χ2n) is 6.48. The van der Waals surface area contributed by atoms with Crippen LogP contribution in [0.4, 0.5) is 0 Å². The van der Waals surface area contributed by atoms with Gasteiger partial charge < -0.3 is 10.0 Å². The third kappa shape index (κ3) is 2.85. The molecular formula is C17H27NO. The minimum absolute atomic E-state index is 0.328. The Bertz CT molecular complexity index is 412. The van der Waals surface area contributed by atoms with E-state index >= 15 is 0 Å². The first-order valence-corrected chi connectivity index (χ1v) is 7.39. The predicted octanol–water partition coefficient (Wildman–Crippen LogP) is 3.18. The zero-order chi connectivity index (χ0) is 14.0. The molecule has 2 heteroatoms. The highest BCUT2D eigenvalue weighted by Crippen LogP contribution is 2.45. The number of hydrogen-bond acceptors (Lipinski definition) is 2. The molecule has 2 rings (SSSR count). The van der Waals surface area contributed by atoms with Crippen molar-refractivity contribution in [1.29, 1.82) is 0 Å². The smallest absolute Gasteiger partial charge is 0.0962 e. The van der Waals surface area contributed by atoms with Gasteiger partial charge in [0.1, 0.15) is 0 Å². The Morgan fingerprint density at radius 1 is 1.21 bits per heavy atom. The normalized spacial score (nSPS) is 31.7. The van der Waals surface area contributed by atoms with Crippen LogP contribution in [0, 0.1) is 18.8 Å². The highest BCUT2D eigenvalue weighted by molar-refractivity contribution is 5.28. The molecule has 0 aromatic heterocycles. The van der Waals surface area contributed by atoms with Crippen molar-refractivity contribution in [3.05, 3.63) is 35.4 Å². The average molecular weight is 261 g/mol. The van der Waals surface area contributed by atoms with Crippen LogP contribution < -0.4 is 0 Å². The van der Waals surface area contributed by atoms with Gasteiger partial charge in [0.05, 0.1) is 5.60 Å². The van der Waals surface area contributed by atoms with Gasteiger partial charge in [0.2, 0.25) is 0 Å². The summed E-state index contributed by atoms with van der Waals surface area (Å²) in [6.07, 6.45) is 3.47. The van der Waals surface area contributed by atoms with Crippen LogP contribution in [0.25, 0.3) is 0 Å². The molecule has 0 heterocycles. The van der Waals surface area contributed by atoms with Gasteiger partial charge in [0.25, 0.3) is 0 Å². The van der Waals surface area contributed by atoms with Crippen LogP contribution in [-0.4, -0.2) is 30.6 Å². The molecule has 1 aromatic rings. The summed E-state index contributed by atoms with van der Waals surface area (Å²) in [5.74, 6) is 0.655. The zero-order valence-electron chi connectivity index (χ0n) is 12.7. The van der Waals surface area contributed by atoms with Crippen molar-refractivity contribution in [2.45, 2.75) is 38.7 Å². The van der Waals surface area contributed by atoms with E-state index in [4.69, 9.17) is 0 Å². The van der Waals surface area contributed by atoms with Crippen LogP contribution in [0.5, 0.6) is 0 Å². The van der Waals surface area contributed by atoms with Crippen LogP contribution in [0.3, 0.4) is 0 Å². The van der Waals surface area contributed by atoms with Crippen LogP contribution in [0.2, 0.25) is 0 Å². The Morgan fingerprint density at radius 2 is 1.84 bits per heavy atom. The molecule has 0 aliphatic heterocycles. The lowest BCUT2D eigenvalue weighted by Gasteiger charge is -2.46. The highest BCUT2D eigenvalue weighted by atomic mass is 16.3. The Labute approximate surface area is 117 Å². The standard InChI is InChI=1S/C17H27NO/c1-13-8-10-15(11-9-13)17(19)14(2)6-5-7-16(17)12-18(3)4/h8-11,14,16,19H,5-7,12H2,1-4H3. The predicted molar refractivity (Wildman–Crippen MR) is 80.1 cm³/mol. The molecule has 1 aliphatic carbocycles. The van der Waals surface area contributed by atoms with Gasteiger partial charge in [-0.3, -0.25) is 0 Å². The van der Waals surface area contributed by atoms with Gasteiger partial charge in [-0.15, -0.1) is 0 Å². The highest BCUT2D eigenvalue weighted by Gasteiger charge is 2.45. The fourth-order valence-corrected chi connectivity index (χ4v) is 3.52. The summed E-state index contributed by atoms with van der Waals surface area (Å²) in [6.45, 7) is 5.24. The molecular weight excluding hydrogens is 234 g/mol. The Balaban J connectivity index is 2.35. The Morgan fingerprint density at radius 3 is 2.42 bits per heavy atom. The van der Waals surface area contributed by atoms with Crippen molar-refractivity contribution in [3.8, 4) is 0 Å². The maximum Gasteiger partial charge on any atom is 0.0962 e. The molecule has 1 saturated carbocycles. The molecule has 1 aliphatic rings. The van der Waals surface area contributed by atoms with Crippen LogP contribution in [0.15, 0.2) is 24.3 Å². The van der Waals surface area contributed by atoms with Crippen molar-refractivity contribution < 1.29 is 5.11 Å². The zero-order valence-corrected chi connectivity index (χ0v) is 12.7. The first-order chi connectivity index (χ1) is 8.94. The fraction of sp³-hybridized carbons (Fsp3) is 0.647. The largest absolute Gasteiger partial charge is 0.385 e. The lowest BCUT2D eigenvalue weighted by Crippen LogP contribution is -2.47. The lowest BCUT2D eigenvalue weighted by atomic mass is 9.65. The van der Waals surface area contributed by atoms with E-state index in [1.165, 1.54) is 12.0 Å². The minimum atomic E-state index is -0.670. The molecule has 2 nitrogen and oxygen atoms in total. The minimum Gasteiger partial charge on any atom is -0.385 e. The molecule has 1 aromatic carbocycles. The van der Waals surface area contributed by atoms with E-state index in [1.54, 1.807) is 0 Å². The molecule has 0 amide bonds. The van der Waals surface area contributed by atoms with E-state index in [0.717, 1.165) is 24.9 Å². The van der Waals surface area contributed by atoms with Gasteiger partial charge in [-0.05, 0) is 45.3 Å². The molecule has 1 fully saturated rings. The number of aliphatic hydroxyl groups is 1. The van der Waals surface area contributed by atoms with Gasteiger partial charge in [0, 0.05) is 12.5 Å². The quantitative estimate of drug-likeness (QED) is 0.903. The topological polar surface area (TPSA) is 23.5 Å². The fourth-order valence-electron chi connectivity index (χ4n) is 3.52. The third-order valence-electron chi connectivity index (χ3n) is 4.66. The average Bonchev–Trinajstić information content (AvgIpc) is 2.35. The van der Waals surface area contributed by atoms with E-state index < -0.39 is 5.60 Å². The van der Waals surface area contributed by atoms with E-state index in [1.807, 2.05) is 0 Å². The number of nitrogens with zero attached hydrogens (tertiary/aromatic N) is 1. The first-order valence-electron chi connectivity index (χ1n) is 7.39.